The Balaban J connectivity index is 1.93. The van der Waals surface area contributed by atoms with Gasteiger partial charge in [0.2, 0.25) is 0 Å². The molecule has 0 aromatic rings. The molecular formula is C9H16O2. The quantitative estimate of drug-likeness (QED) is 0.565. The Hall–Kier alpha value is -0.340. The molecule has 0 saturated carbocycles. The Labute approximate surface area is 67.6 Å². The van der Waals surface area contributed by atoms with Crippen molar-refractivity contribution in [1.29, 1.82) is 0 Å². The first kappa shape index (κ1) is 8.75. The van der Waals surface area contributed by atoms with Gasteiger partial charge >= 0.3 is 0 Å². The molecule has 2 heteroatoms. The van der Waals surface area contributed by atoms with Gasteiger partial charge in [-0.3, -0.25) is 0 Å². The van der Waals surface area contributed by atoms with Gasteiger partial charge < -0.3 is 10.2 Å². The summed E-state index contributed by atoms with van der Waals surface area (Å²) in [6, 6.07) is 0. The summed E-state index contributed by atoms with van der Waals surface area (Å²) < 4.78 is 0. The Morgan fingerprint density at radius 2 is 1.91 bits per heavy atom. The minimum atomic E-state index is 0.296. The zero-order valence-electron chi connectivity index (χ0n) is 6.79. The molecule has 0 radical (unpaired) electrons. The average molecular weight is 156 g/mol. The van der Waals surface area contributed by atoms with E-state index in [2.05, 4.69) is 6.08 Å². The molecule has 1 rings (SSSR count). The predicted molar refractivity (Wildman–Crippen MR) is 44.2 cm³/mol. The van der Waals surface area contributed by atoms with Crippen molar-refractivity contribution < 1.29 is 10.2 Å². The fraction of sp³-hybridized carbons (Fsp3) is 0.778. The molecule has 0 saturated heterocycles. The highest BCUT2D eigenvalue weighted by molar-refractivity contribution is 5.28. The first-order valence-corrected chi connectivity index (χ1v) is 4.30. The number of hydrogen-bond donors (Lipinski definition) is 2. The van der Waals surface area contributed by atoms with Crippen LogP contribution in [0.5, 0.6) is 0 Å². The lowest BCUT2D eigenvalue weighted by atomic mass is 10.1. The summed E-state index contributed by atoms with van der Waals surface area (Å²) in [4.78, 5) is 0. The van der Waals surface area contributed by atoms with E-state index in [9.17, 15) is 0 Å². The van der Waals surface area contributed by atoms with E-state index in [1.165, 1.54) is 5.57 Å². The van der Waals surface area contributed by atoms with E-state index in [1.54, 1.807) is 0 Å². The second kappa shape index (κ2) is 4.52. The highest BCUT2D eigenvalue weighted by Gasteiger charge is 2.22. The third kappa shape index (κ3) is 3.04. The fourth-order valence-electron chi connectivity index (χ4n) is 1.34. The Morgan fingerprint density at radius 1 is 1.18 bits per heavy atom. The highest BCUT2D eigenvalue weighted by Crippen LogP contribution is 2.36. The second-order valence-corrected chi connectivity index (χ2v) is 3.04. The molecule has 0 heterocycles. The molecule has 0 spiro atoms. The van der Waals surface area contributed by atoms with Gasteiger partial charge in [0.05, 0.1) is 0 Å². The summed E-state index contributed by atoms with van der Waals surface area (Å²) in [6.07, 6.45) is 6.18. The maximum atomic E-state index is 8.54. The molecule has 1 atom stereocenters. The van der Waals surface area contributed by atoms with E-state index in [0.29, 0.717) is 19.1 Å². The van der Waals surface area contributed by atoms with Crippen LogP contribution in [0.3, 0.4) is 0 Å². The minimum Gasteiger partial charge on any atom is -0.396 e. The van der Waals surface area contributed by atoms with Crippen molar-refractivity contribution in [3.8, 4) is 0 Å². The van der Waals surface area contributed by atoms with Crippen LogP contribution in [0, 0.1) is 5.92 Å². The van der Waals surface area contributed by atoms with Crippen molar-refractivity contribution in [2.45, 2.75) is 25.7 Å². The van der Waals surface area contributed by atoms with Crippen molar-refractivity contribution in [2.75, 3.05) is 13.2 Å². The minimum absolute atomic E-state index is 0.296. The number of rotatable bonds is 6. The molecular weight excluding hydrogens is 140 g/mol. The van der Waals surface area contributed by atoms with Crippen molar-refractivity contribution in [1.82, 2.24) is 0 Å². The smallest absolute Gasteiger partial charge is 0.0434 e. The van der Waals surface area contributed by atoms with Crippen LogP contribution >= 0.6 is 0 Å². The summed E-state index contributed by atoms with van der Waals surface area (Å²) in [5.41, 5.74) is 1.48. The first-order chi connectivity index (χ1) is 5.38. The summed E-state index contributed by atoms with van der Waals surface area (Å²) in [5.74, 6) is 0.661. The van der Waals surface area contributed by atoms with Gasteiger partial charge in [0, 0.05) is 13.2 Å². The van der Waals surface area contributed by atoms with E-state index in [0.717, 1.165) is 25.7 Å². The zero-order chi connectivity index (χ0) is 8.10. The normalized spacial score (nSPS) is 21.6. The molecule has 0 fully saturated rings. The van der Waals surface area contributed by atoms with E-state index >= 15 is 0 Å². The monoisotopic (exact) mass is 156 g/mol. The van der Waals surface area contributed by atoms with Gasteiger partial charge in [0.25, 0.3) is 0 Å². The lowest BCUT2D eigenvalue weighted by Crippen LogP contribution is -1.88. The van der Waals surface area contributed by atoms with Crippen LogP contribution in [-0.2, 0) is 0 Å². The summed E-state index contributed by atoms with van der Waals surface area (Å²) in [7, 11) is 0. The summed E-state index contributed by atoms with van der Waals surface area (Å²) in [5, 5.41) is 17.1. The molecule has 2 nitrogen and oxygen atoms in total. The molecule has 64 valence electrons. The Kier molecular flexibility index (Phi) is 3.60. The fourth-order valence-corrected chi connectivity index (χ4v) is 1.34. The molecule has 0 aromatic heterocycles. The molecule has 1 unspecified atom stereocenters. The van der Waals surface area contributed by atoms with Crippen LogP contribution in [0.4, 0.5) is 0 Å². The van der Waals surface area contributed by atoms with Gasteiger partial charge in [-0.1, -0.05) is 11.6 Å². The summed E-state index contributed by atoms with van der Waals surface area (Å²) >= 11 is 0. The third-order valence-electron chi connectivity index (χ3n) is 2.08. The van der Waals surface area contributed by atoms with Crippen molar-refractivity contribution in [3.63, 3.8) is 0 Å². The second-order valence-electron chi connectivity index (χ2n) is 3.04. The maximum absolute atomic E-state index is 8.54. The molecule has 0 amide bonds. The number of hydrogen-bond acceptors (Lipinski definition) is 2. The Morgan fingerprint density at radius 3 is 2.55 bits per heavy atom. The maximum Gasteiger partial charge on any atom is 0.0434 e. The SMILES string of the molecule is OCCCC1=CC1CCCO. The molecule has 0 bridgehead atoms. The standard InChI is InChI=1S/C9H16O2/c10-5-1-3-8-7-9(8)4-2-6-11/h7-8,10-11H,1-6H2. The van der Waals surface area contributed by atoms with E-state index in [4.69, 9.17) is 10.2 Å². The molecule has 0 aliphatic heterocycles. The lowest BCUT2D eigenvalue weighted by Gasteiger charge is -1.97. The molecule has 11 heavy (non-hydrogen) atoms. The lowest BCUT2D eigenvalue weighted by molar-refractivity contribution is 0.280. The molecule has 1 aliphatic carbocycles. The number of aliphatic hydroxyl groups excluding tert-OH is 2. The largest absolute Gasteiger partial charge is 0.396 e. The van der Waals surface area contributed by atoms with Gasteiger partial charge in [-0.15, -0.1) is 0 Å². The van der Waals surface area contributed by atoms with Crippen LogP contribution in [0.15, 0.2) is 11.6 Å². The van der Waals surface area contributed by atoms with Gasteiger partial charge in [0.1, 0.15) is 0 Å². The van der Waals surface area contributed by atoms with Crippen LogP contribution in [0.2, 0.25) is 0 Å². The van der Waals surface area contributed by atoms with Crippen molar-refractivity contribution >= 4 is 0 Å². The molecule has 0 aromatic carbocycles. The van der Waals surface area contributed by atoms with E-state index < -0.39 is 0 Å². The van der Waals surface area contributed by atoms with Crippen LogP contribution in [0.1, 0.15) is 25.7 Å². The van der Waals surface area contributed by atoms with Gasteiger partial charge in [-0.05, 0) is 31.6 Å². The zero-order valence-corrected chi connectivity index (χ0v) is 6.79. The average Bonchev–Trinajstić information content (AvgIpc) is 2.76. The number of aliphatic hydroxyl groups is 2. The van der Waals surface area contributed by atoms with Crippen LogP contribution in [-0.4, -0.2) is 23.4 Å². The summed E-state index contributed by atoms with van der Waals surface area (Å²) in [6.45, 7) is 0.599. The molecule has 1 aliphatic rings. The van der Waals surface area contributed by atoms with Gasteiger partial charge in [-0.2, -0.15) is 0 Å². The van der Waals surface area contributed by atoms with Gasteiger partial charge in [0.15, 0.2) is 0 Å². The predicted octanol–water partition coefficient (Wildman–Crippen LogP) is 1.09. The number of allylic oxidation sites excluding steroid dienone is 2. The van der Waals surface area contributed by atoms with Gasteiger partial charge in [-0.25, -0.2) is 0 Å². The third-order valence-corrected chi connectivity index (χ3v) is 2.08. The van der Waals surface area contributed by atoms with E-state index in [1.807, 2.05) is 0 Å². The Bertz CT molecular complexity index is 140. The van der Waals surface area contributed by atoms with Crippen LogP contribution in [0.25, 0.3) is 0 Å². The molecule has 2 N–H and O–H groups in total. The highest BCUT2D eigenvalue weighted by atomic mass is 16.3. The van der Waals surface area contributed by atoms with Crippen molar-refractivity contribution in [2.24, 2.45) is 5.92 Å². The topological polar surface area (TPSA) is 40.5 Å². The van der Waals surface area contributed by atoms with Crippen LogP contribution < -0.4 is 0 Å². The first-order valence-electron chi connectivity index (χ1n) is 4.30. The van der Waals surface area contributed by atoms with Crippen molar-refractivity contribution in [3.05, 3.63) is 11.6 Å². The van der Waals surface area contributed by atoms with E-state index in [-0.39, 0.29) is 0 Å².